The Bertz CT molecular complexity index is 1180. The zero-order chi connectivity index (χ0) is 23.8. The van der Waals surface area contributed by atoms with Crippen LogP contribution < -0.4 is 10.0 Å². The highest BCUT2D eigenvalue weighted by Crippen LogP contribution is 2.13. The summed E-state index contributed by atoms with van der Waals surface area (Å²) in [5.41, 5.74) is 1.66. The van der Waals surface area contributed by atoms with Gasteiger partial charge in [0.1, 0.15) is 5.76 Å². The van der Waals surface area contributed by atoms with Crippen LogP contribution in [0.5, 0.6) is 0 Å². The van der Waals surface area contributed by atoms with Gasteiger partial charge < -0.3 is 14.6 Å². The van der Waals surface area contributed by atoms with Crippen LogP contribution in [-0.4, -0.2) is 38.2 Å². The van der Waals surface area contributed by atoms with Gasteiger partial charge >= 0.3 is 0 Å². The molecule has 0 radical (unpaired) electrons. The lowest BCUT2D eigenvalue weighted by molar-refractivity contribution is -0.135. The lowest BCUT2D eigenvalue weighted by Gasteiger charge is -2.22. The Morgan fingerprint density at radius 2 is 1.73 bits per heavy atom. The molecule has 0 bridgehead atoms. The zero-order valence-corrected chi connectivity index (χ0v) is 19.5. The lowest BCUT2D eigenvalue weighted by Crippen LogP contribution is -2.44. The molecule has 0 aliphatic carbocycles. The minimum absolute atomic E-state index is 0.0568. The average molecular weight is 490 g/mol. The topological polar surface area (TPSA) is 109 Å². The Hall–Kier alpha value is -3.14. The van der Waals surface area contributed by atoms with Gasteiger partial charge in [0.2, 0.25) is 21.8 Å². The average Bonchev–Trinajstić information content (AvgIpc) is 3.31. The number of nitrogens with one attached hydrogen (secondary N) is 2. The molecule has 2 N–H and O–H groups in total. The molecule has 1 heterocycles. The molecule has 3 aromatic rings. The molecule has 0 saturated carbocycles. The van der Waals surface area contributed by atoms with Crippen molar-refractivity contribution in [1.29, 1.82) is 0 Å². The molecule has 0 aliphatic heterocycles. The van der Waals surface area contributed by atoms with Crippen molar-refractivity contribution in [1.82, 2.24) is 14.9 Å². The second-order valence-corrected chi connectivity index (χ2v) is 9.57. The number of benzene rings is 2. The highest BCUT2D eigenvalue weighted by Gasteiger charge is 2.21. The second-order valence-electron chi connectivity index (χ2n) is 7.37. The van der Waals surface area contributed by atoms with Crippen molar-refractivity contribution in [2.24, 2.45) is 0 Å². The molecule has 0 atom stereocenters. The van der Waals surface area contributed by atoms with E-state index in [4.69, 9.17) is 16.0 Å². The first-order valence-electron chi connectivity index (χ1n) is 10.1. The molecular formula is C23H24ClN3O5S. The Balaban J connectivity index is 1.67. The summed E-state index contributed by atoms with van der Waals surface area (Å²) in [4.78, 5) is 26.7. The van der Waals surface area contributed by atoms with Gasteiger partial charge in [0.15, 0.2) is 0 Å². The van der Waals surface area contributed by atoms with Crippen LogP contribution in [-0.2, 0) is 32.7 Å². The fourth-order valence-corrected chi connectivity index (χ4v) is 4.04. The van der Waals surface area contributed by atoms with E-state index < -0.39 is 28.4 Å². The Morgan fingerprint density at radius 1 is 1.03 bits per heavy atom. The fraction of sp³-hybridized carbons (Fsp3) is 0.217. The van der Waals surface area contributed by atoms with Crippen molar-refractivity contribution in [2.45, 2.75) is 24.9 Å². The molecule has 0 saturated heterocycles. The van der Waals surface area contributed by atoms with E-state index in [1.807, 2.05) is 6.92 Å². The summed E-state index contributed by atoms with van der Waals surface area (Å²) in [5, 5.41) is 3.22. The third kappa shape index (κ3) is 7.45. The number of carbonyl (C=O) groups is 2. The van der Waals surface area contributed by atoms with Crippen LogP contribution in [0.4, 0.5) is 0 Å². The molecular weight excluding hydrogens is 466 g/mol. The van der Waals surface area contributed by atoms with Crippen molar-refractivity contribution in [3.8, 4) is 0 Å². The molecule has 0 aliphatic rings. The summed E-state index contributed by atoms with van der Waals surface area (Å²) in [6.45, 7) is 1.38. The number of nitrogens with zero attached hydrogens (tertiary/aromatic N) is 1. The maximum Gasteiger partial charge on any atom is 0.241 e. The summed E-state index contributed by atoms with van der Waals surface area (Å²) in [7, 11) is -3.88. The van der Waals surface area contributed by atoms with Gasteiger partial charge in [0.05, 0.1) is 30.8 Å². The van der Waals surface area contributed by atoms with E-state index in [-0.39, 0.29) is 24.5 Å². The van der Waals surface area contributed by atoms with E-state index in [2.05, 4.69) is 10.0 Å². The molecule has 10 heteroatoms. The van der Waals surface area contributed by atoms with Crippen LogP contribution in [0.15, 0.2) is 76.2 Å². The van der Waals surface area contributed by atoms with Crippen LogP contribution in [0.2, 0.25) is 5.02 Å². The summed E-state index contributed by atoms with van der Waals surface area (Å²) in [5.74, 6) is -0.381. The van der Waals surface area contributed by atoms with Crippen molar-refractivity contribution in [3.05, 3.63) is 88.8 Å². The predicted octanol–water partition coefficient (Wildman–Crippen LogP) is 2.86. The molecule has 33 heavy (non-hydrogen) atoms. The summed E-state index contributed by atoms with van der Waals surface area (Å²) in [6, 6.07) is 16.5. The Kier molecular flexibility index (Phi) is 8.26. The van der Waals surface area contributed by atoms with Crippen molar-refractivity contribution in [3.63, 3.8) is 0 Å². The maximum absolute atomic E-state index is 12.9. The van der Waals surface area contributed by atoms with Crippen LogP contribution in [0.3, 0.4) is 0 Å². The summed E-state index contributed by atoms with van der Waals surface area (Å²) in [6.07, 6.45) is 1.50. The molecule has 174 valence electrons. The Labute approximate surface area is 197 Å². The van der Waals surface area contributed by atoms with Crippen molar-refractivity contribution < 1.29 is 22.4 Å². The van der Waals surface area contributed by atoms with Crippen molar-refractivity contribution >= 4 is 33.4 Å². The smallest absolute Gasteiger partial charge is 0.241 e. The molecule has 2 aromatic carbocycles. The van der Waals surface area contributed by atoms with Gasteiger partial charge in [-0.05, 0) is 48.9 Å². The normalized spacial score (nSPS) is 11.2. The van der Waals surface area contributed by atoms with Gasteiger partial charge in [-0.3, -0.25) is 9.59 Å². The standard InChI is InChI=1S/C23H24ClN3O5S/c1-17-4-10-21(11-5-17)33(30,31)26-14-23(29)27(15-18-6-8-19(24)9-7-18)16-22(28)25-13-20-3-2-12-32-20/h2-12,26H,13-16H2,1H3,(H,25,28). The quantitative estimate of drug-likeness (QED) is 0.455. The van der Waals surface area contributed by atoms with Gasteiger partial charge in [-0.1, -0.05) is 41.4 Å². The number of furan rings is 1. The van der Waals surface area contributed by atoms with Gasteiger partial charge in [0, 0.05) is 11.6 Å². The van der Waals surface area contributed by atoms with E-state index >= 15 is 0 Å². The van der Waals surface area contributed by atoms with Crippen molar-refractivity contribution in [2.75, 3.05) is 13.1 Å². The highest BCUT2D eigenvalue weighted by molar-refractivity contribution is 7.89. The molecule has 0 fully saturated rings. The molecule has 8 nitrogen and oxygen atoms in total. The number of sulfonamides is 1. The first-order chi connectivity index (χ1) is 15.7. The van der Waals surface area contributed by atoms with Gasteiger partial charge in [-0.2, -0.15) is 0 Å². The first kappa shape index (κ1) is 24.5. The summed E-state index contributed by atoms with van der Waals surface area (Å²) < 4.78 is 32.6. The van der Waals surface area contributed by atoms with Gasteiger partial charge in [-0.15, -0.1) is 0 Å². The first-order valence-corrected chi connectivity index (χ1v) is 12.0. The SMILES string of the molecule is Cc1ccc(S(=O)(=O)NCC(=O)N(CC(=O)NCc2ccco2)Cc2ccc(Cl)cc2)cc1. The lowest BCUT2D eigenvalue weighted by atomic mass is 10.2. The molecule has 1 aromatic heterocycles. The van der Waals surface area contributed by atoms with Gasteiger partial charge in [-0.25, -0.2) is 13.1 Å². The van der Waals surface area contributed by atoms with E-state index in [0.717, 1.165) is 11.1 Å². The third-order valence-electron chi connectivity index (χ3n) is 4.76. The maximum atomic E-state index is 12.9. The molecule has 3 rings (SSSR count). The van der Waals surface area contributed by atoms with Crippen LogP contribution in [0.1, 0.15) is 16.9 Å². The second kappa shape index (κ2) is 11.1. The minimum atomic E-state index is -3.88. The van der Waals surface area contributed by atoms with Crippen LogP contribution in [0.25, 0.3) is 0 Å². The monoisotopic (exact) mass is 489 g/mol. The molecule has 0 spiro atoms. The molecule has 2 amide bonds. The van der Waals surface area contributed by atoms with E-state index in [0.29, 0.717) is 10.8 Å². The number of rotatable bonds is 10. The van der Waals surface area contributed by atoms with Crippen LogP contribution in [0, 0.1) is 6.92 Å². The minimum Gasteiger partial charge on any atom is -0.467 e. The molecule has 0 unspecified atom stereocenters. The largest absolute Gasteiger partial charge is 0.467 e. The number of carbonyl (C=O) groups excluding carboxylic acids is 2. The zero-order valence-electron chi connectivity index (χ0n) is 18.0. The third-order valence-corrected chi connectivity index (χ3v) is 6.43. The van der Waals surface area contributed by atoms with Gasteiger partial charge in [0.25, 0.3) is 0 Å². The number of halogens is 1. The number of hydrogen-bond acceptors (Lipinski definition) is 5. The van der Waals surface area contributed by atoms with E-state index in [9.17, 15) is 18.0 Å². The summed E-state index contributed by atoms with van der Waals surface area (Å²) >= 11 is 5.92. The predicted molar refractivity (Wildman–Crippen MR) is 124 cm³/mol. The highest BCUT2D eigenvalue weighted by atomic mass is 35.5. The Morgan fingerprint density at radius 3 is 2.36 bits per heavy atom. The number of amides is 2. The number of hydrogen-bond donors (Lipinski definition) is 2. The van der Waals surface area contributed by atoms with E-state index in [1.54, 1.807) is 48.5 Å². The van der Waals surface area contributed by atoms with Crippen LogP contribution >= 0.6 is 11.6 Å². The van der Waals surface area contributed by atoms with E-state index in [1.165, 1.54) is 23.3 Å². The fourth-order valence-electron chi connectivity index (χ4n) is 2.94. The number of aryl methyl sites for hydroxylation is 1.